The van der Waals surface area contributed by atoms with Crippen LogP contribution < -0.4 is 15.4 Å². The molecule has 3 amide bonds. The standard InChI is InChI=1S/C19H31N3O3/c1-6-7-8-9-10-14(2)20-19(24)21-16-13-15(18(23)22(3)4)11-12-17(16)25-5/h11-14H,6-10H2,1-5H3,(H2,20,21,24). The molecular formula is C19H31N3O3. The van der Waals surface area contributed by atoms with E-state index in [2.05, 4.69) is 17.6 Å². The first-order chi connectivity index (χ1) is 11.9. The van der Waals surface area contributed by atoms with Crippen LogP contribution in [0.1, 0.15) is 56.3 Å². The Kier molecular flexibility index (Phi) is 8.81. The van der Waals surface area contributed by atoms with Gasteiger partial charge in [-0.15, -0.1) is 0 Å². The molecular weight excluding hydrogens is 318 g/mol. The van der Waals surface area contributed by atoms with Gasteiger partial charge in [0.2, 0.25) is 0 Å². The van der Waals surface area contributed by atoms with Crippen LogP contribution in [0.4, 0.5) is 10.5 Å². The molecule has 0 bridgehead atoms. The first kappa shape index (κ1) is 20.8. The summed E-state index contributed by atoms with van der Waals surface area (Å²) in [4.78, 5) is 25.8. The van der Waals surface area contributed by atoms with E-state index in [-0.39, 0.29) is 18.0 Å². The largest absolute Gasteiger partial charge is 0.495 e. The van der Waals surface area contributed by atoms with Gasteiger partial charge in [0.1, 0.15) is 5.75 Å². The van der Waals surface area contributed by atoms with Crippen molar-refractivity contribution in [3.8, 4) is 5.75 Å². The molecule has 0 aliphatic carbocycles. The Hall–Kier alpha value is -2.24. The van der Waals surface area contributed by atoms with Gasteiger partial charge in [-0.1, -0.05) is 32.6 Å². The second-order valence-corrected chi connectivity index (χ2v) is 6.46. The van der Waals surface area contributed by atoms with Crippen molar-refractivity contribution >= 4 is 17.6 Å². The van der Waals surface area contributed by atoms with Crippen molar-refractivity contribution < 1.29 is 14.3 Å². The van der Waals surface area contributed by atoms with E-state index in [0.29, 0.717) is 17.0 Å². The van der Waals surface area contributed by atoms with Gasteiger partial charge < -0.3 is 20.3 Å². The number of rotatable bonds is 9. The molecule has 1 aromatic carbocycles. The van der Waals surface area contributed by atoms with Gasteiger partial charge in [-0.3, -0.25) is 4.79 Å². The van der Waals surface area contributed by atoms with E-state index < -0.39 is 0 Å². The summed E-state index contributed by atoms with van der Waals surface area (Å²) in [6, 6.07) is 4.79. The third-order valence-corrected chi connectivity index (χ3v) is 3.97. The number of carbonyl (C=O) groups is 2. The summed E-state index contributed by atoms with van der Waals surface area (Å²) in [6.45, 7) is 4.17. The number of anilines is 1. The molecule has 0 aromatic heterocycles. The number of urea groups is 1. The fourth-order valence-electron chi connectivity index (χ4n) is 2.53. The smallest absolute Gasteiger partial charge is 0.319 e. The third-order valence-electron chi connectivity index (χ3n) is 3.97. The molecule has 0 fully saturated rings. The zero-order valence-corrected chi connectivity index (χ0v) is 16.0. The van der Waals surface area contributed by atoms with Crippen molar-refractivity contribution in [3.63, 3.8) is 0 Å². The van der Waals surface area contributed by atoms with E-state index in [9.17, 15) is 9.59 Å². The zero-order valence-electron chi connectivity index (χ0n) is 16.0. The highest BCUT2D eigenvalue weighted by Crippen LogP contribution is 2.26. The summed E-state index contributed by atoms with van der Waals surface area (Å²) in [6.07, 6.45) is 5.66. The molecule has 0 heterocycles. The molecule has 1 atom stereocenters. The Morgan fingerprint density at radius 1 is 1.20 bits per heavy atom. The maximum Gasteiger partial charge on any atom is 0.319 e. The minimum absolute atomic E-state index is 0.0921. The maximum atomic E-state index is 12.2. The van der Waals surface area contributed by atoms with Crippen LogP contribution in [0.2, 0.25) is 0 Å². The van der Waals surface area contributed by atoms with Crippen molar-refractivity contribution in [2.75, 3.05) is 26.5 Å². The predicted octanol–water partition coefficient (Wildman–Crippen LogP) is 3.88. The lowest BCUT2D eigenvalue weighted by atomic mass is 10.1. The summed E-state index contributed by atoms with van der Waals surface area (Å²) < 4.78 is 5.27. The summed E-state index contributed by atoms with van der Waals surface area (Å²) >= 11 is 0. The van der Waals surface area contributed by atoms with Gasteiger partial charge in [0.15, 0.2) is 0 Å². The highest BCUT2D eigenvalue weighted by molar-refractivity contribution is 5.97. The Balaban J connectivity index is 2.68. The van der Waals surface area contributed by atoms with Crippen LogP contribution in [-0.2, 0) is 0 Å². The monoisotopic (exact) mass is 349 g/mol. The van der Waals surface area contributed by atoms with E-state index in [1.54, 1.807) is 32.3 Å². The van der Waals surface area contributed by atoms with Crippen molar-refractivity contribution in [2.24, 2.45) is 0 Å². The van der Waals surface area contributed by atoms with Crippen molar-refractivity contribution in [2.45, 2.75) is 52.0 Å². The highest BCUT2D eigenvalue weighted by Gasteiger charge is 2.14. The third kappa shape index (κ3) is 7.03. The number of benzene rings is 1. The molecule has 2 N–H and O–H groups in total. The number of nitrogens with zero attached hydrogens (tertiary/aromatic N) is 1. The van der Waals surface area contributed by atoms with Crippen LogP contribution in [0, 0.1) is 0 Å². The molecule has 1 unspecified atom stereocenters. The van der Waals surface area contributed by atoms with Crippen molar-refractivity contribution in [1.29, 1.82) is 0 Å². The molecule has 0 radical (unpaired) electrons. The van der Waals surface area contributed by atoms with E-state index in [1.807, 2.05) is 6.92 Å². The van der Waals surface area contributed by atoms with E-state index in [1.165, 1.54) is 31.3 Å². The number of hydrogen-bond acceptors (Lipinski definition) is 3. The molecule has 0 saturated carbocycles. The van der Waals surface area contributed by atoms with Crippen LogP contribution >= 0.6 is 0 Å². The Labute approximate surface area is 150 Å². The van der Waals surface area contributed by atoms with Gasteiger partial charge in [-0.05, 0) is 31.5 Å². The normalized spacial score (nSPS) is 11.6. The summed E-state index contributed by atoms with van der Waals surface area (Å²) in [5.74, 6) is 0.386. The molecule has 0 aliphatic rings. The number of nitrogens with one attached hydrogen (secondary N) is 2. The molecule has 1 aromatic rings. The minimum atomic E-state index is -0.296. The molecule has 6 heteroatoms. The summed E-state index contributed by atoms with van der Waals surface area (Å²) in [5, 5.41) is 5.71. The molecule has 140 valence electrons. The van der Waals surface area contributed by atoms with Gasteiger partial charge in [0, 0.05) is 25.7 Å². The summed E-state index contributed by atoms with van der Waals surface area (Å²) in [7, 11) is 4.90. The lowest BCUT2D eigenvalue weighted by molar-refractivity contribution is 0.0827. The summed E-state index contributed by atoms with van der Waals surface area (Å²) in [5.41, 5.74) is 0.972. The fourth-order valence-corrected chi connectivity index (χ4v) is 2.53. The van der Waals surface area contributed by atoms with Crippen LogP contribution in [0.25, 0.3) is 0 Å². The second-order valence-electron chi connectivity index (χ2n) is 6.46. The Morgan fingerprint density at radius 3 is 2.52 bits per heavy atom. The topological polar surface area (TPSA) is 70.7 Å². The second kappa shape index (κ2) is 10.6. The number of unbranched alkanes of at least 4 members (excludes halogenated alkanes) is 3. The lowest BCUT2D eigenvalue weighted by Crippen LogP contribution is -2.36. The lowest BCUT2D eigenvalue weighted by Gasteiger charge is -2.17. The first-order valence-electron chi connectivity index (χ1n) is 8.86. The predicted molar refractivity (Wildman–Crippen MR) is 101 cm³/mol. The average molecular weight is 349 g/mol. The molecule has 0 spiro atoms. The van der Waals surface area contributed by atoms with E-state index in [4.69, 9.17) is 4.74 Å². The molecule has 0 saturated heterocycles. The highest BCUT2D eigenvalue weighted by atomic mass is 16.5. The van der Waals surface area contributed by atoms with E-state index in [0.717, 1.165) is 12.8 Å². The minimum Gasteiger partial charge on any atom is -0.495 e. The van der Waals surface area contributed by atoms with Gasteiger partial charge >= 0.3 is 6.03 Å². The van der Waals surface area contributed by atoms with Gasteiger partial charge in [0.25, 0.3) is 5.91 Å². The van der Waals surface area contributed by atoms with Gasteiger partial charge in [-0.2, -0.15) is 0 Å². The molecule has 0 aliphatic heterocycles. The van der Waals surface area contributed by atoms with Crippen LogP contribution in [-0.4, -0.2) is 44.1 Å². The van der Waals surface area contributed by atoms with Crippen LogP contribution in [0.15, 0.2) is 18.2 Å². The molecule has 1 rings (SSSR count). The van der Waals surface area contributed by atoms with Crippen LogP contribution in [0.3, 0.4) is 0 Å². The SMILES string of the molecule is CCCCCCC(C)NC(=O)Nc1cc(C(=O)N(C)C)ccc1OC. The molecule has 6 nitrogen and oxygen atoms in total. The maximum absolute atomic E-state index is 12.2. The molecule has 25 heavy (non-hydrogen) atoms. The number of ether oxygens (including phenoxy) is 1. The Bertz CT molecular complexity index is 573. The number of methoxy groups -OCH3 is 1. The number of amides is 3. The van der Waals surface area contributed by atoms with Crippen molar-refractivity contribution in [3.05, 3.63) is 23.8 Å². The van der Waals surface area contributed by atoms with Gasteiger partial charge in [0.05, 0.1) is 12.8 Å². The fraction of sp³-hybridized carbons (Fsp3) is 0.579. The first-order valence-corrected chi connectivity index (χ1v) is 8.86. The van der Waals surface area contributed by atoms with Crippen LogP contribution in [0.5, 0.6) is 5.75 Å². The van der Waals surface area contributed by atoms with E-state index >= 15 is 0 Å². The quantitative estimate of drug-likeness (QED) is 0.665. The zero-order chi connectivity index (χ0) is 18.8. The Morgan fingerprint density at radius 2 is 1.92 bits per heavy atom. The average Bonchev–Trinajstić information content (AvgIpc) is 2.57. The van der Waals surface area contributed by atoms with Gasteiger partial charge in [-0.25, -0.2) is 4.79 Å². The van der Waals surface area contributed by atoms with Crippen molar-refractivity contribution in [1.82, 2.24) is 10.2 Å². The number of carbonyl (C=O) groups excluding carboxylic acids is 2. The number of hydrogen-bond donors (Lipinski definition) is 2.